The summed E-state index contributed by atoms with van der Waals surface area (Å²) in [5.41, 5.74) is 0.830. The van der Waals surface area contributed by atoms with Crippen LogP contribution in [0, 0.1) is 0 Å². The Balaban J connectivity index is 1.79. The molecular formula is C14H20ClN3O. The Kier molecular flexibility index (Phi) is 5.02. The van der Waals surface area contributed by atoms with Gasteiger partial charge < -0.3 is 10.2 Å². The smallest absolute Gasteiger partial charge is 0.224 e. The molecular weight excluding hydrogens is 262 g/mol. The van der Waals surface area contributed by atoms with E-state index in [1.807, 2.05) is 11.0 Å². The van der Waals surface area contributed by atoms with Crippen LogP contribution in [0.3, 0.4) is 0 Å². The lowest BCUT2D eigenvalue weighted by atomic mass is 10.0. The fourth-order valence-electron chi connectivity index (χ4n) is 2.43. The van der Waals surface area contributed by atoms with Crippen molar-refractivity contribution in [2.45, 2.75) is 38.6 Å². The second-order valence-electron chi connectivity index (χ2n) is 4.96. The van der Waals surface area contributed by atoms with Crippen molar-refractivity contribution in [1.82, 2.24) is 9.88 Å². The minimum Gasteiger partial charge on any atom is -0.383 e. The molecule has 1 saturated heterocycles. The topological polar surface area (TPSA) is 45.2 Å². The van der Waals surface area contributed by atoms with Gasteiger partial charge in [0.2, 0.25) is 5.91 Å². The van der Waals surface area contributed by atoms with Crippen molar-refractivity contribution in [1.29, 1.82) is 0 Å². The highest BCUT2D eigenvalue weighted by molar-refractivity contribution is 6.33. The summed E-state index contributed by atoms with van der Waals surface area (Å²) in [6.45, 7) is 3.63. The predicted octanol–water partition coefficient (Wildman–Crippen LogP) is 2.94. The van der Waals surface area contributed by atoms with Gasteiger partial charge in [0.25, 0.3) is 0 Å². The van der Waals surface area contributed by atoms with Crippen molar-refractivity contribution < 1.29 is 4.79 Å². The second-order valence-corrected chi connectivity index (χ2v) is 5.37. The number of amides is 1. The Hall–Kier alpha value is -1.29. The van der Waals surface area contributed by atoms with E-state index >= 15 is 0 Å². The quantitative estimate of drug-likeness (QED) is 0.923. The third-order valence-corrected chi connectivity index (χ3v) is 3.85. The van der Waals surface area contributed by atoms with E-state index in [9.17, 15) is 4.79 Å². The van der Waals surface area contributed by atoms with Crippen molar-refractivity contribution in [3.63, 3.8) is 0 Å². The molecule has 1 aromatic heterocycles. The van der Waals surface area contributed by atoms with Gasteiger partial charge in [0, 0.05) is 37.9 Å². The summed E-state index contributed by atoms with van der Waals surface area (Å²) in [7, 11) is 0. The van der Waals surface area contributed by atoms with Crippen LogP contribution >= 0.6 is 11.6 Å². The van der Waals surface area contributed by atoms with Crippen LogP contribution in [0.15, 0.2) is 18.5 Å². The lowest BCUT2D eigenvalue weighted by Gasteiger charge is -2.33. The number of nitrogens with one attached hydrogen (secondary N) is 1. The number of carbonyl (C=O) groups is 1. The van der Waals surface area contributed by atoms with Gasteiger partial charge >= 0.3 is 0 Å². The van der Waals surface area contributed by atoms with Crippen molar-refractivity contribution in [3.8, 4) is 0 Å². The number of pyridine rings is 1. The van der Waals surface area contributed by atoms with Gasteiger partial charge in [-0.3, -0.25) is 9.78 Å². The number of hydrogen-bond donors (Lipinski definition) is 1. The number of halogens is 1. The van der Waals surface area contributed by atoms with Crippen LogP contribution < -0.4 is 5.32 Å². The summed E-state index contributed by atoms with van der Waals surface area (Å²) in [6.07, 6.45) is 7.26. The minimum absolute atomic E-state index is 0.227. The van der Waals surface area contributed by atoms with Gasteiger partial charge in [-0.25, -0.2) is 0 Å². The van der Waals surface area contributed by atoms with Crippen LogP contribution in [-0.2, 0) is 4.79 Å². The maximum atomic E-state index is 12.1. The molecule has 0 aliphatic carbocycles. The van der Waals surface area contributed by atoms with E-state index in [4.69, 9.17) is 11.6 Å². The van der Waals surface area contributed by atoms with Gasteiger partial charge in [-0.1, -0.05) is 11.6 Å². The Bertz CT molecular complexity index is 438. The van der Waals surface area contributed by atoms with E-state index in [2.05, 4.69) is 17.2 Å². The van der Waals surface area contributed by atoms with Crippen LogP contribution in [0.1, 0.15) is 32.6 Å². The molecule has 104 valence electrons. The average molecular weight is 282 g/mol. The Morgan fingerprint density at radius 2 is 2.42 bits per heavy atom. The maximum Gasteiger partial charge on any atom is 0.224 e. The van der Waals surface area contributed by atoms with E-state index in [0.717, 1.165) is 25.1 Å². The molecule has 0 radical (unpaired) electrons. The van der Waals surface area contributed by atoms with Gasteiger partial charge in [-0.15, -0.1) is 0 Å². The molecule has 2 heterocycles. The maximum absolute atomic E-state index is 12.1. The zero-order chi connectivity index (χ0) is 13.7. The summed E-state index contributed by atoms with van der Waals surface area (Å²) >= 11 is 5.99. The normalized spacial score (nSPS) is 19.3. The summed E-state index contributed by atoms with van der Waals surface area (Å²) in [5, 5.41) is 3.76. The second kappa shape index (κ2) is 6.75. The zero-order valence-electron chi connectivity index (χ0n) is 11.2. The van der Waals surface area contributed by atoms with Gasteiger partial charge in [-0.2, -0.15) is 0 Å². The van der Waals surface area contributed by atoms with E-state index in [-0.39, 0.29) is 5.91 Å². The zero-order valence-corrected chi connectivity index (χ0v) is 12.0. The molecule has 4 nitrogen and oxygen atoms in total. The lowest BCUT2D eigenvalue weighted by molar-refractivity contribution is -0.134. The molecule has 19 heavy (non-hydrogen) atoms. The molecule has 1 fully saturated rings. The molecule has 1 unspecified atom stereocenters. The van der Waals surface area contributed by atoms with Crippen molar-refractivity contribution in [3.05, 3.63) is 23.5 Å². The summed E-state index contributed by atoms with van der Waals surface area (Å²) in [6, 6.07) is 2.20. The molecule has 1 atom stereocenters. The monoisotopic (exact) mass is 281 g/mol. The first-order valence-corrected chi connectivity index (χ1v) is 7.19. The minimum atomic E-state index is 0.227. The van der Waals surface area contributed by atoms with Crippen LogP contribution in [0.5, 0.6) is 0 Å². The van der Waals surface area contributed by atoms with Gasteiger partial charge in [0.15, 0.2) is 0 Å². The van der Waals surface area contributed by atoms with Crippen LogP contribution in [0.25, 0.3) is 0 Å². The lowest BCUT2D eigenvalue weighted by Crippen LogP contribution is -2.42. The first-order valence-electron chi connectivity index (χ1n) is 6.81. The first kappa shape index (κ1) is 14.1. The van der Waals surface area contributed by atoms with Crippen LogP contribution in [-0.4, -0.2) is 34.9 Å². The molecule has 0 bridgehead atoms. The molecule has 1 aliphatic rings. The fourth-order valence-corrected chi connectivity index (χ4v) is 2.62. The van der Waals surface area contributed by atoms with Gasteiger partial charge in [-0.05, 0) is 32.3 Å². The highest BCUT2D eigenvalue weighted by Gasteiger charge is 2.22. The molecule has 0 aromatic carbocycles. The molecule has 1 N–H and O–H groups in total. The third-order valence-electron chi connectivity index (χ3n) is 3.55. The molecule has 1 amide bonds. The number of piperidine rings is 1. The molecule has 0 spiro atoms. The number of hydrogen-bond acceptors (Lipinski definition) is 3. The van der Waals surface area contributed by atoms with E-state index < -0.39 is 0 Å². The Morgan fingerprint density at radius 1 is 1.58 bits per heavy atom. The highest BCUT2D eigenvalue weighted by Crippen LogP contribution is 2.20. The van der Waals surface area contributed by atoms with Crippen LogP contribution in [0.2, 0.25) is 5.02 Å². The molecule has 1 aromatic rings. The molecule has 2 rings (SSSR count). The highest BCUT2D eigenvalue weighted by atomic mass is 35.5. The molecule has 0 saturated carbocycles. The third kappa shape index (κ3) is 3.83. The fraction of sp³-hybridized carbons (Fsp3) is 0.571. The summed E-state index contributed by atoms with van der Waals surface area (Å²) in [5.74, 6) is 0.227. The summed E-state index contributed by atoms with van der Waals surface area (Å²) < 4.78 is 0. The molecule has 5 heteroatoms. The van der Waals surface area contributed by atoms with Crippen LogP contribution in [0.4, 0.5) is 5.69 Å². The standard InChI is InChI=1S/C14H20ClN3O/c1-11-4-2-3-9-18(11)14(19)6-8-17-13-5-7-16-10-12(13)15/h5,7,10-11H,2-4,6,8-9H2,1H3,(H,16,17). The number of aromatic nitrogens is 1. The van der Waals surface area contributed by atoms with Crippen molar-refractivity contribution >= 4 is 23.2 Å². The number of rotatable bonds is 4. The van der Waals surface area contributed by atoms with E-state index in [1.54, 1.807) is 12.4 Å². The SMILES string of the molecule is CC1CCCCN1C(=O)CCNc1ccncc1Cl. The van der Waals surface area contributed by atoms with Crippen molar-refractivity contribution in [2.24, 2.45) is 0 Å². The largest absolute Gasteiger partial charge is 0.383 e. The number of nitrogens with zero attached hydrogens (tertiary/aromatic N) is 2. The average Bonchev–Trinajstić information content (AvgIpc) is 2.41. The first-order chi connectivity index (χ1) is 9.18. The predicted molar refractivity (Wildman–Crippen MR) is 77.4 cm³/mol. The Morgan fingerprint density at radius 3 is 3.16 bits per heavy atom. The Labute approximate surface area is 119 Å². The van der Waals surface area contributed by atoms with Crippen molar-refractivity contribution in [2.75, 3.05) is 18.4 Å². The van der Waals surface area contributed by atoms with E-state index in [0.29, 0.717) is 24.0 Å². The summed E-state index contributed by atoms with van der Waals surface area (Å²) in [4.78, 5) is 18.0. The number of carbonyl (C=O) groups excluding carboxylic acids is 1. The molecule has 1 aliphatic heterocycles. The van der Waals surface area contributed by atoms with E-state index in [1.165, 1.54) is 6.42 Å². The van der Waals surface area contributed by atoms with Gasteiger partial charge in [0.05, 0.1) is 10.7 Å². The number of likely N-dealkylation sites (tertiary alicyclic amines) is 1. The number of anilines is 1. The van der Waals surface area contributed by atoms with Gasteiger partial charge in [0.1, 0.15) is 0 Å².